The van der Waals surface area contributed by atoms with E-state index in [4.69, 9.17) is 0 Å². The maximum absolute atomic E-state index is 2.12. The van der Waals surface area contributed by atoms with Crippen molar-refractivity contribution in [1.82, 2.24) is 0 Å². The van der Waals surface area contributed by atoms with Gasteiger partial charge in [0.25, 0.3) is 0 Å². The van der Waals surface area contributed by atoms with Gasteiger partial charge in [0.2, 0.25) is 0 Å². The van der Waals surface area contributed by atoms with Crippen LogP contribution in [-0.4, -0.2) is 41.1 Å². The normalized spacial score (nSPS) is 10.0. The van der Waals surface area contributed by atoms with Crippen molar-refractivity contribution in [3.05, 3.63) is 0 Å². The highest BCUT2D eigenvalue weighted by Gasteiger charge is 1.88. The van der Waals surface area contributed by atoms with Gasteiger partial charge in [0.05, 0.1) is 28.2 Å². The molecule has 4 radical (unpaired) electrons. The van der Waals surface area contributed by atoms with Crippen molar-refractivity contribution in [2.45, 2.75) is 0 Å². The molecular weight excluding hydrogens is 72.9 g/mol. The molecule has 0 aromatic rings. The molecule has 0 aromatic heterocycles. The van der Waals surface area contributed by atoms with Crippen LogP contribution < -0.4 is 0 Å². The second-order valence-electron chi connectivity index (χ2n) is 2.68. The lowest BCUT2D eigenvalue weighted by Crippen LogP contribution is -2.27. The van der Waals surface area contributed by atoms with E-state index in [1.54, 1.807) is 0 Å². The quantitative estimate of drug-likeness (QED) is 0.285. The molecule has 1 nitrogen and oxygen atoms in total. The van der Waals surface area contributed by atoms with Crippen LogP contribution in [0.1, 0.15) is 0 Å². The zero-order valence-electron chi connectivity index (χ0n) is 5.02. The van der Waals surface area contributed by atoms with E-state index in [0.717, 1.165) is 4.48 Å². The lowest BCUT2D eigenvalue weighted by atomic mass is 10.8. The topological polar surface area (TPSA) is 0 Å². The molecule has 0 saturated carbocycles. The Bertz CT molecular complexity index is 23.0. The summed E-state index contributed by atoms with van der Waals surface area (Å²) >= 11 is 0. The summed E-state index contributed by atoms with van der Waals surface area (Å²) in [6, 6.07) is 0. The van der Waals surface area contributed by atoms with Gasteiger partial charge in [-0.1, -0.05) is 0 Å². The van der Waals surface area contributed by atoms with Crippen molar-refractivity contribution < 1.29 is 4.48 Å². The summed E-state index contributed by atoms with van der Waals surface area (Å²) in [5.41, 5.74) is 0. The van der Waals surface area contributed by atoms with Gasteiger partial charge in [0, 0.05) is 0 Å². The summed E-state index contributed by atoms with van der Waals surface area (Å²) in [5.74, 6) is 0. The highest BCUT2D eigenvalue weighted by atomic mass is 15.2. The first kappa shape index (κ1) is 9.39. The van der Waals surface area contributed by atoms with E-state index < -0.39 is 0 Å². The molecule has 0 bridgehead atoms. The highest BCUT2D eigenvalue weighted by molar-refractivity contribution is 5.75. The fraction of sp³-hybridized carbons (Fsp3) is 1.00. The van der Waals surface area contributed by atoms with Gasteiger partial charge in [0.1, 0.15) is 0 Å². The van der Waals surface area contributed by atoms with E-state index >= 15 is 0 Å². The van der Waals surface area contributed by atoms with Gasteiger partial charge in [-0.2, -0.15) is 0 Å². The molecule has 2 heteroatoms. The number of hydrogen-bond acceptors (Lipinski definition) is 0. The van der Waals surface area contributed by atoms with E-state index in [0.29, 0.717) is 0 Å². The molecule has 0 N–H and O–H groups in total. The minimum atomic E-state index is 0. The predicted molar refractivity (Wildman–Crippen MR) is 29.7 cm³/mol. The Morgan fingerprint density at radius 2 is 0.833 bits per heavy atom. The second kappa shape index (κ2) is 2.24. The minimum Gasteiger partial charge on any atom is -1.00 e. The van der Waals surface area contributed by atoms with E-state index in [1.807, 2.05) is 0 Å². The SMILES string of the molecule is C[N+](C)(C)C.[B-]. The number of quaternary nitrogens is 1. The molecule has 0 rings (SSSR count). The van der Waals surface area contributed by atoms with Crippen molar-refractivity contribution in [2.75, 3.05) is 28.2 Å². The molecule has 0 amide bonds. The van der Waals surface area contributed by atoms with E-state index in [-0.39, 0.29) is 8.41 Å². The molecule has 0 atom stereocenters. The van der Waals surface area contributed by atoms with Crippen LogP contribution in [0, 0.1) is 0 Å². The Hall–Kier alpha value is 0.0249. The van der Waals surface area contributed by atoms with Gasteiger partial charge in [0.15, 0.2) is 0 Å². The summed E-state index contributed by atoms with van der Waals surface area (Å²) in [5, 5.41) is 0. The number of hydrogen-bond donors (Lipinski definition) is 0. The first-order valence-corrected chi connectivity index (χ1v) is 1.79. The summed E-state index contributed by atoms with van der Waals surface area (Å²) in [6.45, 7) is 0. The van der Waals surface area contributed by atoms with Crippen molar-refractivity contribution in [2.24, 2.45) is 0 Å². The zero-order valence-corrected chi connectivity index (χ0v) is 5.02. The summed E-state index contributed by atoms with van der Waals surface area (Å²) < 4.78 is 1.00. The molecule has 0 fully saturated rings. The third-order valence-electron chi connectivity index (χ3n) is 0. The van der Waals surface area contributed by atoms with Crippen LogP contribution in [-0.2, 0) is 0 Å². The first-order valence-electron chi connectivity index (χ1n) is 1.79. The number of nitrogens with zero attached hydrogens (tertiary/aromatic N) is 1. The molecule has 0 unspecified atom stereocenters. The van der Waals surface area contributed by atoms with Crippen LogP contribution in [0.5, 0.6) is 0 Å². The lowest BCUT2D eigenvalue weighted by Gasteiger charge is -2.14. The van der Waals surface area contributed by atoms with Crippen LogP contribution in [0.25, 0.3) is 0 Å². The maximum atomic E-state index is 2.12. The monoisotopic (exact) mass is 85.1 g/mol. The largest absolute Gasteiger partial charge is 1.00 e. The molecular formula is C4H12BN. The van der Waals surface area contributed by atoms with E-state index in [9.17, 15) is 0 Å². The van der Waals surface area contributed by atoms with Crippen LogP contribution >= 0.6 is 0 Å². The predicted octanol–water partition coefficient (Wildman–Crippen LogP) is -0.0584. The van der Waals surface area contributed by atoms with Gasteiger partial charge in [-0.05, 0) is 0 Å². The summed E-state index contributed by atoms with van der Waals surface area (Å²) in [4.78, 5) is 0. The fourth-order valence-electron chi connectivity index (χ4n) is 0. The molecule has 0 saturated heterocycles. The fourth-order valence-corrected chi connectivity index (χ4v) is 0. The number of rotatable bonds is 0. The Balaban J connectivity index is 0. The lowest BCUT2D eigenvalue weighted by molar-refractivity contribution is -0.849. The Morgan fingerprint density at radius 1 is 0.833 bits per heavy atom. The van der Waals surface area contributed by atoms with Gasteiger partial charge < -0.3 is 12.9 Å². The van der Waals surface area contributed by atoms with Crippen LogP contribution in [0.3, 0.4) is 0 Å². The molecule has 0 spiro atoms. The summed E-state index contributed by atoms with van der Waals surface area (Å²) in [6.07, 6.45) is 0. The molecule has 0 aromatic carbocycles. The second-order valence-corrected chi connectivity index (χ2v) is 2.68. The standard InChI is InChI=1S/C4H12N.B/c1-5(2,3)4;/h1-4H3;/q+1;-1. The van der Waals surface area contributed by atoms with Crippen molar-refractivity contribution in [1.29, 1.82) is 0 Å². The van der Waals surface area contributed by atoms with Gasteiger partial charge in [-0.25, -0.2) is 0 Å². The molecule has 0 aliphatic heterocycles. The average molecular weight is 85.0 g/mol. The molecule has 0 aliphatic rings. The smallest absolute Gasteiger partial charge is 0.0675 e. The van der Waals surface area contributed by atoms with Crippen molar-refractivity contribution in [3.8, 4) is 0 Å². The minimum absolute atomic E-state index is 0. The van der Waals surface area contributed by atoms with Crippen molar-refractivity contribution >= 4 is 8.41 Å². The molecule has 0 heterocycles. The van der Waals surface area contributed by atoms with Gasteiger partial charge >= 0.3 is 0 Å². The van der Waals surface area contributed by atoms with Crippen LogP contribution in [0.15, 0.2) is 0 Å². The summed E-state index contributed by atoms with van der Waals surface area (Å²) in [7, 11) is 8.50. The van der Waals surface area contributed by atoms with Crippen molar-refractivity contribution in [3.63, 3.8) is 0 Å². The zero-order chi connectivity index (χ0) is 4.50. The van der Waals surface area contributed by atoms with Crippen LogP contribution in [0.4, 0.5) is 0 Å². The Labute approximate surface area is 42.1 Å². The van der Waals surface area contributed by atoms with E-state index in [2.05, 4.69) is 28.2 Å². The Morgan fingerprint density at radius 3 is 0.833 bits per heavy atom. The van der Waals surface area contributed by atoms with Crippen LogP contribution in [0.2, 0.25) is 0 Å². The Kier molecular flexibility index (Phi) is 3.51. The van der Waals surface area contributed by atoms with Gasteiger partial charge in [-0.15, -0.1) is 0 Å². The maximum Gasteiger partial charge on any atom is 0.0675 e. The van der Waals surface area contributed by atoms with Gasteiger partial charge in [-0.3, -0.25) is 0 Å². The third kappa shape index (κ3) is 59200. The molecule has 0 aliphatic carbocycles. The third-order valence-corrected chi connectivity index (χ3v) is 0. The molecule has 6 heavy (non-hydrogen) atoms. The first-order chi connectivity index (χ1) is 2.00. The van der Waals surface area contributed by atoms with E-state index in [1.165, 1.54) is 0 Å². The highest BCUT2D eigenvalue weighted by Crippen LogP contribution is 1.73. The molecule has 36 valence electrons. The average Bonchev–Trinajstić information content (AvgIpc) is 0.722.